The fraction of sp³-hybridized carbons (Fsp3) is 0.450. The van der Waals surface area contributed by atoms with E-state index in [1.165, 1.54) is 6.07 Å². The number of halogens is 3. The number of nitrogens with zero attached hydrogens (tertiary/aromatic N) is 1. The molecule has 0 aliphatic carbocycles. The molecular formula is C20H26F3N3. The predicted molar refractivity (Wildman–Crippen MR) is 99.4 cm³/mol. The highest BCUT2D eigenvalue weighted by Gasteiger charge is 2.30. The fourth-order valence-electron chi connectivity index (χ4n) is 3.00. The summed E-state index contributed by atoms with van der Waals surface area (Å²) in [5.41, 5.74) is 1.69. The molecule has 0 amide bonds. The van der Waals surface area contributed by atoms with Gasteiger partial charge in [0.25, 0.3) is 0 Å². The van der Waals surface area contributed by atoms with Crippen LogP contribution in [0.5, 0.6) is 0 Å². The van der Waals surface area contributed by atoms with Crippen LogP contribution in [0.1, 0.15) is 57.2 Å². The van der Waals surface area contributed by atoms with Gasteiger partial charge >= 0.3 is 6.18 Å². The third kappa shape index (κ3) is 5.13. The van der Waals surface area contributed by atoms with Gasteiger partial charge in [-0.25, -0.2) is 0 Å². The number of hydrogen-bond donors (Lipinski definition) is 2. The second-order valence-electron chi connectivity index (χ2n) is 6.49. The molecular weight excluding hydrogens is 339 g/mol. The highest BCUT2D eigenvalue weighted by Crippen LogP contribution is 2.33. The molecule has 1 aromatic heterocycles. The number of rotatable bonds is 9. The molecule has 0 radical (unpaired) electrons. The molecule has 2 N–H and O–H groups in total. The van der Waals surface area contributed by atoms with Gasteiger partial charge in [0.2, 0.25) is 0 Å². The fourth-order valence-corrected chi connectivity index (χ4v) is 3.00. The van der Waals surface area contributed by atoms with Crippen LogP contribution in [0.15, 0.2) is 37.0 Å². The summed E-state index contributed by atoms with van der Waals surface area (Å²) < 4.78 is 39.0. The summed E-state index contributed by atoms with van der Waals surface area (Å²) in [6, 6.07) is 5.56. The summed E-state index contributed by atoms with van der Waals surface area (Å²) in [6.07, 6.45) is 2.52. The SMILES string of the molecule is C=C(NC(CCC)CCCC)c1[nH]ncc1-c1cccc(C(F)(F)F)c1. The van der Waals surface area contributed by atoms with E-state index in [1.54, 1.807) is 12.3 Å². The second kappa shape index (κ2) is 8.92. The van der Waals surface area contributed by atoms with Crippen LogP contribution in [-0.2, 0) is 6.18 Å². The number of aromatic amines is 1. The molecule has 0 aliphatic rings. The molecule has 1 atom stereocenters. The zero-order chi connectivity index (χ0) is 19.2. The summed E-state index contributed by atoms with van der Waals surface area (Å²) in [4.78, 5) is 0. The Labute approximate surface area is 152 Å². The highest BCUT2D eigenvalue weighted by atomic mass is 19.4. The van der Waals surface area contributed by atoms with E-state index < -0.39 is 11.7 Å². The second-order valence-corrected chi connectivity index (χ2v) is 6.49. The maximum Gasteiger partial charge on any atom is 0.416 e. The van der Waals surface area contributed by atoms with Gasteiger partial charge in [0.05, 0.1) is 23.2 Å². The third-order valence-electron chi connectivity index (χ3n) is 4.36. The molecule has 1 aromatic carbocycles. The van der Waals surface area contributed by atoms with E-state index in [0.29, 0.717) is 28.6 Å². The van der Waals surface area contributed by atoms with Crippen molar-refractivity contribution < 1.29 is 13.2 Å². The Balaban J connectivity index is 2.23. The summed E-state index contributed by atoms with van der Waals surface area (Å²) in [6.45, 7) is 8.36. The maximum absolute atomic E-state index is 13.0. The molecule has 26 heavy (non-hydrogen) atoms. The normalized spacial score (nSPS) is 12.8. The first-order valence-electron chi connectivity index (χ1n) is 9.03. The van der Waals surface area contributed by atoms with Crippen molar-refractivity contribution in [3.05, 3.63) is 48.3 Å². The van der Waals surface area contributed by atoms with Crippen molar-refractivity contribution in [2.24, 2.45) is 0 Å². The number of aromatic nitrogens is 2. The minimum absolute atomic E-state index is 0.296. The number of nitrogens with one attached hydrogen (secondary N) is 2. The molecule has 3 nitrogen and oxygen atoms in total. The van der Waals surface area contributed by atoms with Crippen molar-refractivity contribution in [1.29, 1.82) is 0 Å². The van der Waals surface area contributed by atoms with Gasteiger partial charge in [0.1, 0.15) is 0 Å². The van der Waals surface area contributed by atoms with Gasteiger partial charge in [0.15, 0.2) is 0 Å². The molecule has 142 valence electrons. The molecule has 1 heterocycles. The Bertz CT molecular complexity index is 719. The molecule has 2 rings (SSSR count). The molecule has 6 heteroatoms. The zero-order valence-corrected chi connectivity index (χ0v) is 15.3. The molecule has 1 unspecified atom stereocenters. The van der Waals surface area contributed by atoms with Crippen LogP contribution in [0, 0.1) is 0 Å². The smallest absolute Gasteiger partial charge is 0.381 e. The van der Waals surface area contributed by atoms with Gasteiger partial charge in [-0.1, -0.05) is 51.8 Å². The van der Waals surface area contributed by atoms with Crippen molar-refractivity contribution in [3.63, 3.8) is 0 Å². The highest BCUT2D eigenvalue weighted by molar-refractivity contribution is 5.77. The average Bonchev–Trinajstić information content (AvgIpc) is 3.09. The predicted octanol–water partition coefficient (Wildman–Crippen LogP) is 6.01. The monoisotopic (exact) mass is 365 g/mol. The van der Waals surface area contributed by atoms with Gasteiger partial charge < -0.3 is 5.32 Å². The van der Waals surface area contributed by atoms with Crippen LogP contribution in [0.2, 0.25) is 0 Å². The van der Waals surface area contributed by atoms with Crippen LogP contribution < -0.4 is 5.32 Å². The molecule has 0 fully saturated rings. The van der Waals surface area contributed by atoms with E-state index in [-0.39, 0.29) is 0 Å². The van der Waals surface area contributed by atoms with Gasteiger partial charge in [-0.05, 0) is 30.5 Å². The third-order valence-corrected chi connectivity index (χ3v) is 4.36. The van der Waals surface area contributed by atoms with Gasteiger partial charge in [-0.2, -0.15) is 18.3 Å². The molecule has 0 saturated carbocycles. The van der Waals surface area contributed by atoms with Gasteiger partial charge in [-0.3, -0.25) is 5.10 Å². The lowest BCUT2D eigenvalue weighted by atomic mass is 10.0. The minimum atomic E-state index is -4.37. The molecule has 0 saturated heterocycles. The summed E-state index contributed by atoms with van der Waals surface area (Å²) in [5, 5.41) is 10.3. The van der Waals surface area contributed by atoms with Crippen molar-refractivity contribution in [3.8, 4) is 11.1 Å². The van der Waals surface area contributed by atoms with Crippen LogP contribution in [0.25, 0.3) is 16.8 Å². The van der Waals surface area contributed by atoms with E-state index in [2.05, 4.69) is 35.9 Å². The van der Waals surface area contributed by atoms with Crippen molar-refractivity contribution in [2.75, 3.05) is 0 Å². The standard InChI is InChI=1S/C20H26F3N3/c1-4-6-11-17(8-5-2)25-14(3)19-18(13-24-26-19)15-9-7-10-16(12-15)20(21,22)23/h7,9-10,12-13,17,25H,3-6,8,11H2,1-2H3,(H,24,26). The number of hydrogen-bond acceptors (Lipinski definition) is 2. The molecule has 0 aliphatic heterocycles. The lowest BCUT2D eigenvalue weighted by Crippen LogP contribution is -2.27. The van der Waals surface area contributed by atoms with E-state index in [1.807, 2.05) is 0 Å². The van der Waals surface area contributed by atoms with Crippen LogP contribution in [-0.4, -0.2) is 16.2 Å². The van der Waals surface area contributed by atoms with E-state index in [4.69, 9.17) is 0 Å². The molecule has 2 aromatic rings. The Kier molecular flexibility index (Phi) is 6.89. The zero-order valence-electron chi connectivity index (χ0n) is 15.3. The summed E-state index contributed by atoms with van der Waals surface area (Å²) in [7, 11) is 0. The number of alkyl halides is 3. The summed E-state index contributed by atoms with van der Waals surface area (Å²) in [5.74, 6) is 0. The lowest BCUT2D eigenvalue weighted by Gasteiger charge is -2.21. The van der Waals surface area contributed by atoms with Crippen LogP contribution >= 0.6 is 0 Å². The Morgan fingerprint density at radius 3 is 2.65 bits per heavy atom. The minimum Gasteiger partial charge on any atom is -0.381 e. The van der Waals surface area contributed by atoms with Gasteiger partial charge in [-0.15, -0.1) is 0 Å². The average molecular weight is 365 g/mol. The molecule has 0 spiro atoms. The van der Waals surface area contributed by atoms with Crippen LogP contribution in [0.4, 0.5) is 13.2 Å². The summed E-state index contributed by atoms with van der Waals surface area (Å²) >= 11 is 0. The maximum atomic E-state index is 13.0. The first kappa shape index (κ1) is 20.1. The lowest BCUT2D eigenvalue weighted by molar-refractivity contribution is -0.137. The van der Waals surface area contributed by atoms with Crippen molar-refractivity contribution >= 4 is 5.70 Å². The van der Waals surface area contributed by atoms with Crippen molar-refractivity contribution in [1.82, 2.24) is 15.5 Å². The first-order valence-corrected chi connectivity index (χ1v) is 9.03. The first-order chi connectivity index (χ1) is 12.4. The Morgan fingerprint density at radius 2 is 2.00 bits per heavy atom. The van der Waals surface area contributed by atoms with Gasteiger partial charge in [0, 0.05) is 11.6 Å². The number of benzene rings is 1. The number of H-pyrrole nitrogens is 1. The van der Waals surface area contributed by atoms with E-state index in [9.17, 15) is 13.2 Å². The largest absolute Gasteiger partial charge is 0.416 e. The van der Waals surface area contributed by atoms with Crippen molar-refractivity contribution in [2.45, 2.75) is 58.2 Å². The van der Waals surface area contributed by atoms with E-state index in [0.717, 1.165) is 44.2 Å². The van der Waals surface area contributed by atoms with Crippen LogP contribution in [0.3, 0.4) is 0 Å². The Morgan fingerprint density at radius 1 is 1.23 bits per heavy atom. The molecule has 0 bridgehead atoms. The Hall–Kier alpha value is -2.24. The quantitative estimate of drug-likeness (QED) is 0.571. The van der Waals surface area contributed by atoms with E-state index >= 15 is 0 Å². The topological polar surface area (TPSA) is 40.7 Å². The number of unbranched alkanes of at least 4 members (excludes halogenated alkanes) is 1.